The second kappa shape index (κ2) is 6.19. The predicted molar refractivity (Wildman–Crippen MR) is 73.1 cm³/mol. The molecule has 4 heteroatoms. The predicted octanol–water partition coefficient (Wildman–Crippen LogP) is 2.47. The number of rotatable bonds is 6. The smallest absolute Gasteiger partial charge is 0.152 e. The molecule has 1 saturated heterocycles. The first-order chi connectivity index (χ1) is 7.87. The van der Waals surface area contributed by atoms with E-state index < -0.39 is 9.84 Å². The molecular weight excluding hydrogens is 234 g/mol. The lowest BCUT2D eigenvalue weighted by atomic mass is 9.94. The summed E-state index contributed by atoms with van der Waals surface area (Å²) in [4.78, 5) is 2.35. The Morgan fingerprint density at radius 2 is 1.65 bits per heavy atom. The van der Waals surface area contributed by atoms with Gasteiger partial charge in [0.2, 0.25) is 0 Å². The molecule has 1 rings (SSSR count). The van der Waals surface area contributed by atoms with E-state index in [1.54, 1.807) is 0 Å². The molecule has 1 fully saturated rings. The van der Waals surface area contributed by atoms with Crippen molar-refractivity contribution in [2.75, 3.05) is 24.6 Å². The Kier molecular flexibility index (Phi) is 5.45. The van der Waals surface area contributed by atoms with Crippen molar-refractivity contribution in [1.29, 1.82) is 0 Å². The molecule has 0 N–H and O–H groups in total. The van der Waals surface area contributed by atoms with Crippen LogP contribution >= 0.6 is 0 Å². The summed E-state index contributed by atoms with van der Waals surface area (Å²) >= 11 is 0. The number of sulfone groups is 1. The zero-order valence-electron chi connectivity index (χ0n) is 11.5. The summed E-state index contributed by atoms with van der Waals surface area (Å²) in [6.07, 6.45) is 6.30. The molecule has 0 unspecified atom stereocenters. The van der Waals surface area contributed by atoms with Crippen LogP contribution in [0.4, 0.5) is 0 Å². The van der Waals surface area contributed by atoms with E-state index in [1.165, 1.54) is 32.1 Å². The molecule has 1 heterocycles. The van der Waals surface area contributed by atoms with Crippen molar-refractivity contribution in [3.05, 3.63) is 0 Å². The van der Waals surface area contributed by atoms with Crippen molar-refractivity contribution in [1.82, 2.24) is 4.90 Å². The molecule has 0 aliphatic carbocycles. The Balaban J connectivity index is 2.37. The van der Waals surface area contributed by atoms with Crippen LogP contribution in [0.15, 0.2) is 0 Å². The molecule has 0 aromatic carbocycles. The van der Waals surface area contributed by atoms with Gasteiger partial charge in [0, 0.05) is 18.6 Å². The number of hydrogen-bond acceptors (Lipinski definition) is 3. The van der Waals surface area contributed by atoms with Gasteiger partial charge < -0.3 is 0 Å². The van der Waals surface area contributed by atoms with Gasteiger partial charge in [-0.25, -0.2) is 8.42 Å². The first kappa shape index (κ1) is 15.0. The molecule has 0 radical (unpaired) electrons. The van der Waals surface area contributed by atoms with Crippen LogP contribution < -0.4 is 0 Å². The fraction of sp³-hybridized carbons (Fsp3) is 1.00. The molecule has 0 saturated carbocycles. The van der Waals surface area contributed by atoms with Gasteiger partial charge in [0.25, 0.3) is 0 Å². The quantitative estimate of drug-likeness (QED) is 0.689. The molecule has 17 heavy (non-hydrogen) atoms. The standard InChI is InChI=1S/C13H27NO2S/c1-4-5-6-7-8-13(2,3)14-9-11-17(15,16)12-10-14/h4-12H2,1-3H3. The highest BCUT2D eigenvalue weighted by Gasteiger charge is 2.31. The maximum absolute atomic E-state index is 11.4. The van der Waals surface area contributed by atoms with Crippen LogP contribution in [-0.4, -0.2) is 43.5 Å². The highest BCUT2D eigenvalue weighted by atomic mass is 32.2. The molecule has 3 nitrogen and oxygen atoms in total. The summed E-state index contributed by atoms with van der Waals surface area (Å²) in [6.45, 7) is 8.14. The molecule has 0 aromatic rings. The molecule has 1 aliphatic heterocycles. The van der Waals surface area contributed by atoms with E-state index in [0.29, 0.717) is 24.6 Å². The number of hydrogen-bond donors (Lipinski definition) is 0. The maximum Gasteiger partial charge on any atom is 0.152 e. The molecule has 1 aliphatic rings. The molecule has 0 aromatic heterocycles. The van der Waals surface area contributed by atoms with Gasteiger partial charge in [-0.15, -0.1) is 0 Å². The largest absolute Gasteiger partial charge is 0.296 e. The summed E-state index contributed by atoms with van der Waals surface area (Å²) in [7, 11) is -2.75. The van der Waals surface area contributed by atoms with Gasteiger partial charge in [0.15, 0.2) is 9.84 Å². The average Bonchev–Trinajstić information content (AvgIpc) is 2.24. The molecule has 0 amide bonds. The fourth-order valence-corrected chi connectivity index (χ4v) is 3.66. The zero-order valence-corrected chi connectivity index (χ0v) is 12.4. The van der Waals surface area contributed by atoms with Gasteiger partial charge >= 0.3 is 0 Å². The summed E-state index contributed by atoms with van der Waals surface area (Å²) in [5.74, 6) is 0.677. The minimum absolute atomic E-state index is 0.156. The summed E-state index contributed by atoms with van der Waals surface area (Å²) in [5.41, 5.74) is 0.156. The lowest BCUT2D eigenvalue weighted by Crippen LogP contribution is -2.51. The zero-order chi connectivity index (χ0) is 12.9. The van der Waals surface area contributed by atoms with E-state index in [9.17, 15) is 8.42 Å². The first-order valence-corrected chi connectivity index (χ1v) is 8.65. The van der Waals surface area contributed by atoms with Crippen LogP contribution in [0, 0.1) is 0 Å². The Morgan fingerprint density at radius 3 is 2.18 bits per heavy atom. The highest BCUT2D eigenvalue weighted by Crippen LogP contribution is 2.24. The monoisotopic (exact) mass is 261 g/mol. The molecule has 0 spiro atoms. The van der Waals surface area contributed by atoms with Gasteiger partial charge in [0.1, 0.15) is 0 Å². The van der Waals surface area contributed by atoms with Crippen LogP contribution in [0.3, 0.4) is 0 Å². The van der Waals surface area contributed by atoms with Gasteiger partial charge in [-0.05, 0) is 20.3 Å². The normalized spacial score (nSPS) is 21.6. The molecule has 102 valence electrons. The Morgan fingerprint density at radius 1 is 1.06 bits per heavy atom. The van der Waals surface area contributed by atoms with Gasteiger partial charge in [-0.1, -0.05) is 32.6 Å². The van der Waals surface area contributed by atoms with Gasteiger partial charge in [0.05, 0.1) is 11.5 Å². The van der Waals surface area contributed by atoms with Gasteiger partial charge in [-0.3, -0.25) is 4.90 Å². The third kappa shape index (κ3) is 4.96. The summed E-state index contributed by atoms with van der Waals surface area (Å²) in [6, 6.07) is 0. The average molecular weight is 261 g/mol. The van der Waals surface area contributed by atoms with Crippen LogP contribution in [0.1, 0.15) is 52.9 Å². The van der Waals surface area contributed by atoms with Crippen molar-refractivity contribution in [2.45, 2.75) is 58.4 Å². The molecule has 0 bridgehead atoms. The fourth-order valence-electron chi connectivity index (χ4n) is 2.46. The van der Waals surface area contributed by atoms with E-state index >= 15 is 0 Å². The van der Waals surface area contributed by atoms with Crippen LogP contribution in [0.5, 0.6) is 0 Å². The third-order valence-electron chi connectivity index (χ3n) is 3.84. The van der Waals surface area contributed by atoms with E-state index in [2.05, 4.69) is 25.7 Å². The number of unbranched alkanes of at least 4 members (excludes halogenated alkanes) is 3. The second-order valence-electron chi connectivity index (χ2n) is 5.76. The van der Waals surface area contributed by atoms with Crippen LogP contribution in [0.25, 0.3) is 0 Å². The second-order valence-corrected chi connectivity index (χ2v) is 8.07. The van der Waals surface area contributed by atoms with E-state index in [1.807, 2.05) is 0 Å². The topological polar surface area (TPSA) is 37.4 Å². The molecular formula is C13H27NO2S. The SMILES string of the molecule is CCCCCCC(C)(C)N1CCS(=O)(=O)CC1. The van der Waals surface area contributed by atoms with E-state index in [-0.39, 0.29) is 5.54 Å². The van der Waals surface area contributed by atoms with E-state index in [4.69, 9.17) is 0 Å². The molecule has 0 atom stereocenters. The Hall–Kier alpha value is -0.0900. The van der Waals surface area contributed by atoms with E-state index in [0.717, 1.165) is 0 Å². The minimum Gasteiger partial charge on any atom is -0.296 e. The van der Waals surface area contributed by atoms with Crippen molar-refractivity contribution >= 4 is 9.84 Å². The van der Waals surface area contributed by atoms with Crippen molar-refractivity contribution in [3.63, 3.8) is 0 Å². The third-order valence-corrected chi connectivity index (χ3v) is 5.45. The Labute approximate surface area is 106 Å². The van der Waals surface area contributed by atoms with Crippen LogP contribution in [0.2, 0.25) is 0 Å². The first-order valence-electron chi connectivity index (χ1n) is 6.83. The summed E-state index contributed by atoms with van der Waals surface area (Å²) < 4.78 is 22.8. The number of nitrogens with zero attached hydrogens (tertiary/aromatic N) is 1. The lowest BCUT2D eigenvalue weighted by molar-refractivity contribution is 0.119. The highest BCUT2D eigenvalue weighted by molar-refractivity contribution is 7.91. The summed E-state index contributed by atoms with van der Waals surface area (Å²) in [5, 5.41) is 0. The maximum atomic E-state index is 11.4. The van der Waals surface area contributed by atoms with Crippen molar-refractivity contribution < 1.29 is 8.42 Å². The Bertz CT molecular complexity index is 308. The van der Waals surface area contributed by atoms with Gasteiger partial charge in [-0.2, -0.15) is 0 Å². The van der Waals surface area contributed by atoms with Crippen molar-refractivity contribution in [3.8, 4) is 0 Å². The van der Waals surface area contributed by atoms with Crippen LogP contribution in [-0.2, 0) is 9.84 Å². The minimum atomic E-state index is -2.75. The lowest BCUT2D eigenvalue weighted by Gasteiger charge is -2.41. The van der Waals surface area contributed by atoms with Crippen molar-refractivity contribution in [2.24, 2.45) is 0 Å².